The molecule has 0 spiro atoms. The van der Waals surface area contributed by atoms with Crippen molar-refractivity contribution < 1.29 is 19.0 Å². The molecule has 1 amide bonds. The third-order valence-electron chi connectivity index (χ3n) is 4.09. The van der Waals surface area contributed by atoms with Crippen LogP contribution in [0.25, 0.3) is 10.8 Å². The van der Waals surface area contributed by atoms with Crippen molar-refractivity contribution in [3.05, 3.63) is 60.7 Å². The van der Waals surface area contributed by atoms with Crippen LogP contribution >= 0.6 is 0 Å². The summed E-state index contributed by atoms with van der Waals surface area (Å²) in [6, 6.07) is 18.9. The van der Waals surface area contributed by atoms with Crippen molar-refractivity contribution in [1.82, 2.24) is 0 Å². The van der Waals surface area contributed by atoms with E-state index >= 15 is 0 Å². The summed E-state index contributed by atoms with van der Waals surface area (Å²) in [5.74, 6) is 1.59. The molecule has 0 aliphatic carbocycles. The van der Waals surface area contributed by atoms with Gasteiger partial charge in [0, 0.05) is 11.5 Å². The number of rotatable bonds is 6. The number of carbonyl (C=O) groups is 1. The molecular weight excluding hydrogens is 330 g/mol. The van der Waals surface area contributed by atoms with Gasteiger partial charge in [0.2, 0.25) is 0 Å². The molecule has 5 nitrogen and oxygen atoms in total. The third-order valence-corrected chi connectivity index (χ3v) is 4.09. The fraction of sp³-hybridized carbons (Fsp3) is 0.190. The zero-order valence-corrected chi connectivity index (χ0v) is 15.0. The van der Waals surface area contributed by atoms with E-state index in [-0.39, 0.29) is 5.91 Å². The number of anilines is 1. The number of methoxy groups -OCH3 is 2. The number of carbonyl (C=O) groups excluding carboxylic acids is 1. The molecule has 0 heterocycles. The number of ether oxygens (including phenoxy) is 3. The van der Waals surface area contributed by atoms with Crippen LogP contribution in [0.15, 0.2) is 60.7 Å². The first kappa shape index (κ1) is 17.6. The number of hydrogen-bond donors (Lipinski definition) is 1. The maximum atomic E-state index is 12.6. The molecule has 1 N–H and O–H groups in total. The predicted octanol–water partition coefficient (Wildman–Crippen LogP) is 4.26. The normalized spacial score (nSPS) is 11.7. The SMILES string of the molecule is COc1ccc(NC(=O)[C@@H](C)Oc2cccc3ccccc23)c(OC)c1. The highest BCUT2D eigenvalue weighted by atomic mass is 16.5. The Labute approximate surface area is 152 Å². The van der Waals surface area contributed by atoms with Crippen molar-refractivity contribution in [2.75, 3.05) is 19.5 Å². The Morgan fingerprint density at radius 3 is 2.46 bits per heavy atom. The summed E-state index contributed by atoms with van der Waals surface area (Å²) in [6.45, 7) is 1.72. The molecule has 0 aliphatic heterocycles. The van der Waals surface area contributed by atoms with Crippen LogP contribution in [0.3, 0.4) is 0 Å². The van der Waals surface area contributed by atoms with Gasteiger partial charge in [-0.2, -0.15) is 0 Å². The van der Waals surface area contributed by atoms with Crippen LogP contribution in [0.2, 0.25) is 0 Å². The van der Waals surface area contributed by atoms with Crippen molar-refractivity contribution in [3.63, 3.8) is 0 Å². The van der Waals surface area contributed by atoms with Gasteiger partial charge in [0.25, 0.3) is 5.91 Å². The van der Waals surface area contributed by atoms with Crippen LogP contribution in [0.1, 0.15) is 6.92 Å². The molecule has 5 heteroatoms. The van der Waals surface area contributed by atoms with E-state index in [1.807, 2.05) is 42.5 Å². The molecule has 0 aliphatic rings. The van der Waals surface area contributed by atoms with Crippen LogP contribution in [-0.2, 0) is 4.79 Å². The Hall–Kier alpha value is -3.21. The molecular formula is C21H21NO4. The number of benzene rings is 3. The Morgan fingerprint density at radius 1 is 0.923 bits per heavy atom. The predicted molar refractivity (Wildman–Crippen MR) is 102 cm³/mol. The smallest absolute Gasteiger partial charge is 0.265 e. The summed E-state index contributed by atoms with van der Waals surface area (Å²) in [6.07, 6.45) is -0.674. The minimum absolute atomic E-state index is 0.263. The summed E-state index contributed by atoms with van der Waals surface area (Å²) in [5, 5.41) is 4.87. The Balaban J connectivity index is 1.76. The quantitative estimate of drug-likeness (QED) is 0.721. The summed E-state index contributed by atoms with van der Waals surface area (Å²) in [4.78, 5) is 12.6. The van der Waals surface area contributed by atoms with E-state index in [1.165, 1.54) is 0 Å². The summed E-state index contributed by atoms with van der Waals surface area (Å²) < 4.78 is 16.4. The highest BCUT2D eigenvalue weighted by Gasteiger charge is 2.18. The van der Waals surface area contributed by atoms with Gasteiger partial charge in [-0.05, 0) is 30.5 Å². The monoisotopic (exact) mass is 351 g/mol. The number of fused-ring (bicyclic) bond motifs is 1. The molecule has 3 aromatic carbocycles. The van der Waals surface area contributed by atoms with Gasteiger partial charge in [-0.1, -0.05) is 36.4 Å². The fourth-order valence-electron chi connectivity index (χ4n) is 2.68. The molecule has 0 aromatic heterocycles. The lowest BCUT2D eigenvalue weighted by Crippen LogP contribution is -2.30. The van der Waals surface area contributed by atoms with Crippen molar-refractivity contribution in [2.24, 2.45) is 0 Å². The van der Waals surface area contributed by atoms with Gasteiger partial charge in [0.05, 0.1) is 19.9 Å². The second-order valence-corrected chi connectivity index (χ2v) is 5.79. The average Bonchev–Trinajstić information content (AvgIpc) is 2.68. The van der Waals surface area contributed by atoms with Gasteiger partial charge in [0.1, 0.15) is 17.2 Å². The van der Waals surface area contributed by atoms with Crippen molar-refractivity contribution >= 4 is 22.4 Å². The van der Waals surface area contributed by atoms with Gasteiger partial charge < -0.3 is 19.5 Å². The van der Waals surface area contributed by atoms with E-state index in [0.717, 1.165) is 10.8 Å². The molecule has 0 fully saturated rings. The molecule has 3 aromatic rings. The van der Waals surface area contributed by atoms with Gasteiger partial charge in [-0.15, -0.1) is 0 Å². The first-order valence-electron chi connectivity index (χ1n) is 8.29. The van der Waals surface area contributed by atoms with E-state index in [1.54, 1.807) is 39.3 Å². The summed E-state index contributed by atoms with van der Waals surface area (Å²) in [5.41, 5.74) is 0.562. The fourth-order valence-corrected chi connectivity index (χ4v) is 2.68. The molecule has 3 rings (SSSR count). The lowest BCUT2D eigenvalue weighted by Gasteiger charge is -2.17. The molecule has 1 atom stereocenters. The van der Waals surface area contributed by atoms with Crippen LogP contribution in [0, 0.1) is 0 Å². The van der Waals surface area contributed by atoms with Crippen molar-refractivity contribution in [2.45, 2.75) is 13.0 Å². The van der Waals surface area contributed by atoms with E-state index in [9.17, 15) is 4.79 Å². The second-order valence-electron chi connectivity index (χ2n) is 5.79. The van der Waals surface area contributed by atoms with Gasteiger partial charge in [-0.3, -0.25) is 4.79 Å². The van der Waals surface area contributed by atoms with Crippen LogP contribution in [0.5, 0.6) is 17.2 Å². The van der Waals surface area contributed by atoms with Crippen molar-refractivity contribution in [3.8, 4) is 17.2 Å². The largest absolute Gasteiger partial charge is 0.497 e. The lowest BCUT2D eigenvalue weighted by atomic mass is 10.1. The standard InChI is InChI=1S/C21H21NO4/c1-14(26-19-10-6-8-15-7-4-5-9-17(15)19)21(23)22-18-12-11-16(24-2)13-20(18)25-3/h4-14H,1-3H3,(H,22,23)/t14-/m1/s1. The number of amides is 1. The molecule has 0 unspecified atom stereocenters. The molecule has 0 bridgehead atoms. The second kappa shape index (κ2) is 7.78. The first-order valence-corrected chi connectivity index (χ1v) is 8.29. The van der Waals surface area contributed by atoms with Crippen LogP contribution in [-0.4, -0.2) is 26.2 Å². The maximum absolute atomic E-state index is 12.6. The number of hydrogen-bond acceptors (Lipinski definition) is 4. The topological polar surface area (TPSA) is 56.8 Å². The van der Waals surface area contributed by atoms with Crippen LogP contribution < -0.4 is 19.5 Å². The highest BCUT2D eigenvalue weighted by molar-refractivity contribution is 5.96. The third kappa shape index (κ3) is 3.72. The maximum Gasteiger partial charge on any atom is 0.265 e. The Bertz CT molecular complexity index is 918. The summed E-state index contributed by atoms with van der Waals surface area (Å²) >= 11 is 0. The van der Waals surface area contributed by atoms with Gasteiger partial charge >= 0.3 is 0 Å². The van der Waals surface area contributed by atoms with E-state index < -0.39 is 6.10 Å². The molecule has 0 radical (unpaired) electrons. The first-order chi connectivity index (χ1) is 12.6. The van der Waals surface area contributed by atoms with E-state index in [2.05, 4.69) is 5.32 Å². The minimum Gasteiger partial charge on any atom is -0.497 e. The lowest BCUT2D eigenvalue weighted by molar-refractivity contribution is -0.122. The Morgan fingerprint density at radius 2 is 1.69 bits per heavy atom. The Kier molecular flexibility index (Phi) is 5.27. The van der Waals surface area contributed by atoms with Gasteiger partial charge in [-0.25, -0.2) is 0 Å². The molecule has 26 heavy (non-hydrogen) atoms. The average molecular weight is 351 g/mol. The van der Waals surface area contributed by atoms with Gasteiger partial charge in [0.15, 0.2) is 6.10 Å². The zero-order chi connectivity index (χ0) is 18.5. The zero-order valence-electron chi connectivity index (χ0n) is 15.0. The highest BCUT2D eigenvalue weighted by Crippen LogP contribution is 2.30. The van der Waals surface area contributed by atoms with Crippen LogP contribution in [0.4, 0.5) is 5.69 Å². The number of nitrogens with one attached hydrogen (secondary N) is 1. The molecule has 134 valence electrons. The molecule has 0 saturated heterocycles. The molecule has 0 saturated carbocycles. The van der Waals surface area contributed by atoms with Crippen molar-refractivity contribution in [1.29, 1.82) is 0 Å². The van der Waals surface area contributed by atoms with E-state index in [4.69, 9.17) is 14.2 Å². The minimum atomic E-state index is -0.674. The van der Waals surface area contributed by atoms with E-state index in [0.29, 0.717) is 22.9 Å². The summed E-state index contributed by atoms with van der Waals surface area (Å²) in [7, 11) is 3.12.